The second-order valence-electron chi connectivity index (χ2n) is 3.55. The van der Waals surface area contributed by atoms with Crippen molar-refractivity contribution < 1.29 is 9.47 Å². The molecule has 0 aliphatic rings. The van der Waals surface area contributed by atoms with E-state index in [1.165, 1.54) is 12.8 Å². The van der Waals surface area contributed by atoms with Crippen molar-refractivity contribution in [1.82, 2.24) is 10.6 Å². The van der Waals surface area contributed by atoms with Crippen molar-refractivity contribution in [1.29, 1.82) is 0 Å². The average molecular weight is 218 g/mol. The number of methoxy groups -OCH3 is 2. The van der Waals surface area contributed by atoms with Crippen molar-refractivity contribution in [2.45, 2.75) is 19.3 Å². The molecule has 0 saturated heterocycles. The number of nitrogens with one attached hydrogen (secondary N) is 2. The van der Waals surface area contributed by atoms with Gasteiger partial charge in [0.2, 0.25) is 0 Å². The predicted octanol–water partition coefficient (Wildman–Crippen LogP) is 0.629. The molecule has 0 radical (unpaired) electrons. The molecule has 0 fully saturated rings. The first kappa shape index (κ1) is 14.8. The fourth-order valence-corrected chi connectivity index (χ4v) is 1.26. The fourth-order valence-electron chi connectivity index (χ4n) is 1.26. The Hall–Kier alpha value is -0.160. The van der Waals surface area contributed by atoms with Gasteiger partial charge in [-0.05, 0) is 38.9 Å². The lowest BCUT2D eigenvalue weighted by Crippen LogP contribution is -2.25. The van der Waals surface area contributed by atoms with Gasteiger partial charge in [-0.2, -0.15) is 0 Å². The molecule has 0 rings (SSSR count). The topological polar surface area (TPSA) is 42.5 Å². The zero-order valence-electron chi connectivity index (χ0n) is 10.2. The van der Waals surface area contributed by atoms with E-state index in [1.807, 2.05) is 0 Å². The van der Waals surface area contributed by atoms with Crippen LogP contribution < -0.4 is 10.6 Å². The summed E-state index contributed by atoms with van der Waals surface area (Å²) >= 11 is 0. The maximum atomic E-state index is 4.97. The van der Waals surface area contributed by atoms with E-state index in [1.54, 1.807) is 14.2 Å². The Morgan fingerprint density at radius 1 is 0.667 bits per heavy atom. The summed E-state index contributed by atoms with van der Waals surface area (Å²) in [6, 6.07) is 0. The highest BCUT2D eigenvalue weighted by molar-refractivity contribution is 4.52. The first-order valence-corrected chi connectivity index (χ1v) is 5.81. The van der Waals surface area contributed by atoms with E-state index < -0.39 is 0 Å². The van der Waals surface area contributed by atoms with Gasteiger partial charge in [0, 0.05) is 27.4 Å². The molecule has 4 heteroatoms. The summed E-state index contributed by atoms with van der Waals surface area (Å²) in [7, 11) is 3.47. The van der Waals surface area contributed by atoms with Gasteiger partial charge in [-0.3, -0.25) is 0 Å². The highest BCUT2D eigenvalue weighted by Gasteiger charge is 1.90. The van der Waals surface area contributed by atoms with Crippen LogP contribution in [0.5, 0.6) is 0 Å². The van der Waals surface area contributed by atoms with Gasteiger partial charge in [0.15, 0.2) is 0 Å². The number of hydrogen-bond donors (Lipinski definition) is 2. The summed E-state index contributed by atoms with van der Waals surface area (Å²) in [6.07, 6.45) is 3.52. The Morgan fingerprint density at radius 3 is 1.93 bits per heavy atom. The lowest BCUT2D eigenvalue weighted by molar-refractivity contribution is 0.192. The molecule has 0 aromatic carbocycles. The van der Waals surface area contributed by atoms with E-state index in [9.17, 15) is 0 Å². The summed E-state index contributed by atoms with van der Waals surface area (Å²) in [5.41, 5.74) is 0. The molecule has 0 unspecified atom stereocenters. The molecule has 15 heavy (non-hydrogen) atoms. The van der Waals surface area contributed by atoms with Crippen LogP contribution in [0.1, 0.15) is 19.3 Å². The second kappa shape index (κ2) is 13.8. The first-order valence-electron chi connectivity index (χ1n) is 5.81. The molecule has 0 aromatic heterocycles. The average Bonchev–Trinajstić information content (AvgIpc) is 2.26. The molecular weight excluding hydrogens is 192 g/mol. The Balaban J connectivity index is 2.81. The minimum Gasteiger partial charge on any atom is -0.385 e. The molecule has 2 N–H and O–H groups in total. The van der Waals surface area contributed by atoms with Crippen molar-refractivity contribution in [2.75, 3.05) is 53.6 Å². The van der Waals surface area contributed by atoms with Crippen molar-refractivity contribution in [2.24, 2.45) is 0 Å². The molecule has 0 aliphatic carbocycles. The molecule has 0 saturated carbocycles. The minimum atomic E-state index is 0.796. The first-order chi connectivity index (χ1) is 7.41. The maximum absolute atomic E-state index is 4.97. The van der Waals surface area contributed by atoms with Crippen LogP contribution in [-0.4, -0.2) is 53.6 Å². The van der Waals surface area contributed by atoms with Crippen molar-refractivity contribution in [3.63, 3.8) is 0 Å². The third kappa shape index (κ3) is 13.8. The Kier molecular flexibility index (Phi) is 13.7. The largest absolute Gasteiger partial charge is 0.385 e. The number of ether oxygens (including phenoxy) is 2. The fraction of sp³-hybridized carbons (Fsp3) is 1.00. The normalized spacial score (nSPS) is 10.8. The van der Waals surface area contributed by atoms with E-state index in [-0.39, 0.29) is 0 Å². The van der Waals surface area contributed by atoms with Crippen LogP contribution >= 0.6 is 0 Å². The number of rotatable bonds is 12. The second-order valence-corrected chi connectivity index (χ2v) is 3.55. The summed E-state index contributed by atoms with van der Waals surface area (Å²) < 4.78 is 9.91. The zero-order chi connectivity index (χ0) is 11.2. The Bertz CT molecular complexity index is 101. The quantitative estimate of drug-likeness (QED) is 0.472. The van der Waals surface area contributed by atoms with E-state index in [0.717, 1.165) is 45.8 Å². The van der Waals surface area contributed by atoms with Crippen LogP contribution in [0.15, 0.2) is 0 Å². The molecule has 0 aromatic rings. The standard InChI is InChI=1S/C11H26N2O2/c1-14-10-4-3-6-12-7-5-8-13-9-11-15-2/h12-13H,3-11H2,1-2H3. The van der Waals surface area contributed by atoms with Crippen molar-refractivity contribution in [3.8, 4) is 0 Å². The van der Waals surface area contributed by atoms with Crippen LogP contribution in [0.25, 0.3) is 0 Å². The van der Waals surface area contributed by atoms with Gasteiger partial charge in [-0.1, -0.05) is 0 Å². The van der Waals surface area contributed by atoms with Crippen LogP contribution in [0.3, 0.4) is 0 Å². The van der Waals surface area contributed by atoms with Gasteiger partial charge in [-0.25, -0.2) is 0 Å². The highest BCUT2D eigenvalue weighted by atomic mass is 16.5. The van der Waals surface area contributed by atoms with Crippen molar-refractivity contribution in [3.05, 3.63) is 0 Å². The number of unbranched alkanes of at least 4 members (excludes halogenated alkanes) is 1. The molecule has 0 bridgehead atoms. The smallest absolute Gasteiger partial charge is 0.0587 e. The van der Waals surface area contributed by atoms with Gasteiger partial charge < -0.3 is 20.1 Å². The lowest BCUT2D eigenvalue weighted by Gasteiger charge is -2.05. The summed E-state index contributed by atoms with van der Waals surface area (Å²) in [5.74, 6) is 0. The number of hydrogen-bond acceptors (Lipinski definition) is 4. The lowest BCUT2D eigenvalue weighted by atomic mass is 10.3. The van der Waals surface area contributed by atoms with E-state index in [0.29, 0.717) is 0 Å². The summed E-state index contributed by atoms with van der Waals surface area (Å²) in [5, 5.41) is 6.72. The summed E-state index contributed by atoms with van der Waals surface area (Å²) in [6.45, 7) is 5.87. The third-order valence-corrected chi connectivity index (χ3v) is 2.14. The van der Waals surface area contributed by atoms with Gasteiger partial charge in [0.05, 0.1) is 6.61 Å². The predicted molar refractivity (Wildman–Crippen MR) is 63.3 cm³/mol. The van der Waals surface area contributed by atoms with E-state index in [4.69, 9.17) is 9.47 Å². The molecule has 0 heterocycles. The summed E-state index contributed by atoms with van der Waals surface area (Å²) in [4.78, 5) is 0. The molecule has 0 spiro atoms. The van der Waals surface area contributed by atoms with Crippen LogP contribution in [0, 0.1) is 0 Å². The maximum Gasteiger partial charge on any atom is 0.0587 e. The van der Waals surface area contributed by atoms with Crippen LogP contribution in [0.2, 0.25) is 0 Å². The van der Waals surface area contributed by atoms with Crippen molar-refractivity contribution >= 4 is 0 Å². The molecule has 4 nitrogen and oxygen atoms in total. The van der Waals surface area contributed by atoms with Gasteiger partial charge in [-0.15, -0.1) is 0 Å². The Labute approximate surface area is 93.7 Å². The molecule has 92 valence electrons. The van der Waals surface area contributed by atoms with E-state index in [2.05, 4.69) is 10.6 Å². The van der Waals surface area contributed by atoms with Crippen LogP contribution in [0.4, 0.5) is 0 Å². The monoisotopic (exact) mass is 218 g/mol. The molecule has 0 aliphatic heterocycles. The van der Waals surface area contributed by atoms with E-state index >= 15 is 0 Å². The third-order valence-electron chi connectivity index (χ3n) is 2.14. The highest BCUT2D eigenvalue weighted by Crippen LogP contribution is 1.86. The van der Waals surface area contributed by atoms with Gasteiger partial charge >= 0.3 is 0 Å². The minimum absolute atomic E-state index is 0.796. The molecule has 0 atom stereocenters. The SMILES string of the molecule is COCCCCNCCCNCCOC. The van der Waals surface area contributed by atoms with Gasteiger partial charge in [0.1, 0.15) is 0 Å². The zero-order valence-corrected chi connectivity index (χ0v) is 10.2. The Morgan fingerprint density at radius 2 is 1.27 bits per heavy atom. The van der Waals surface area contributed by atoms with Gasteiger partial charge in [0.25, 0.3) is 0 Å². The molecular formula is C11H26N2O2. The van der Waals surface area contributed by atoms with Crippen LogP contribution in [-0.2, 0) is 9.47 Å². The molecule has 0 amide bonds.